The maximum Gasteiger partial charge on any atom is 0.303 e. The molecule has 0 radical (unpaired) electrons. The van der Waals surface area contributed by atoms with Crippen molar-refractivity contribution in [3.8, 4) is 0 Å². The molecule has 4 atom stereocenters. The minimum absolute atomic E-state index is 0.353. The third-order valence-corrected chi connectivity index (χ3v) is 5.89. The van der Waals surface area contributed by atoms with Crippen LogP contribution in [0.1, 0.15) is 96.8 Å². The molecule has 2 heteroatoms. The number of carboxylic acid groups (broad SMARTS) is 1. The number of carbonyl (C=O) groups is 1. The van der Waals surface area contributed by atoms with E-state index in [4.69, 9.17) is 5.11 Å². The average Bonchev–Trinajstić information content (AvgIpc) is 3.38. The van der Waals surface area contributed by atoms with Crippen LogP contribution in [0.15, 0.2) is 0 Å². The number of rotatable bonds is 14. The van der Waals surface area contributed by atoms with Gasteiger partial charge in [0.1, 0.15) is 0 Å². The highest BCUT2D eigenvalue weighted by molar-refractivity contribution is 5.66. The first kappa shape index (κ1) is 17.8. The molecule has 1 unspecified atom stereocenters. The minimum atomic E-state index is -0.645. The fourth-order valence-electron chi connectivity index (χ4n) is 4.16. The van der Waals surface area contributed by atoms with Crippen molar-refractivity contribution in [2.75, 3.05) is 0 Å². The van der Waals surface area contributed by atoms with Crippen LogP contribution in [0, 0.1) is 23.7 Å². The van der Waals surface area contributed by atoms with E-state index < -0.39 is 5.97 Å². The highest BCUT2D eigenvalue weighted by Crippen LogP contribution is 2.54. The Kier molecular flexibility index (Phi) is 7.75. The summed E-state index contributed by atoms with van der Waals surface area (Å²) >= 11 is 0. The van der Waals surface area contributed by atoms with Gasteiger partial charge in [0.05, 0.1) is 0 Å². The van der Waals surface area contributed by atoms with Crippen LogP contribution >= 0.6 is 0 Å². The van der Waals surface area contributed by atoms with Crippen LogP contribution in [0.5, 0.6) is 0 Å². The first-order valence-corrected chi connectivity index (χ1v) is 9.92. The van der Waals surface area contributed by atoms with E-state index in [9.17, 15) is 4.79 Å². The molecule has 0 amide bonds. The molecule has 0 aliphatic heterocycles. The summed E-state index contributed by atoms with van der Waals surface area (Å²) in [5, 5.41) is 8.58. The SMILES string of the molecule is CCCCC[C@H]1CC1C[C@@H]1C[C@H]1CCCCCCCC(=O)O. The van der Waals surface area contributed by atoms with Crippen LogP contribution in [0.2, 0.25) is 0 Å². The molecule has 0 aromatic rings. The largest absolute Gasteiger partial charge is 0.481 e. The molecule has 0 aromatic carbocycles. The fourth-order valence-corrected chi connectivity index (χ4v) is 4.16. The molecule has 2 saturated carbocycles. The van der Waals surface area contributed by atoms with Gasteiger partial charge in [0.2, 0.25) is 0 Å². The standard InChI is InChI=1S/C20H36O2/c1-2-3-7-10-16-13-18(16)15-19-14-17(19)11-8-5-4-6-9-12-20(21)22/h16-19H,2-15H2,1H3,(H,21,22)/t16-,17+,18?,19-/m0/s1. The lowest BCUT2D eigenvalue weighted by molar-refractivity contribution is -0.137. The Balaban J connectivity index is 1.36. The Morgan fingerprint density at radius 1 is 0.818 bits per heavy atom. The third kappa shape index (κ3) is 7.15. The van der Waals surface area contributed by atoms with Gasteiger partial charge in [-0.3, -0.25) is 4.79 Å². The molecule has 2 nitrogen and oxygen atoms in total. The van der Waals surface area contributed by atoms with E-state index in [0.29, 0.717) is 6.42 Å². The van der Waals surface area contributed by atoms with E-state index in [0.717, 1.165) is 36.5 Å². The lowest BCUT2D eigenvalue weighted by atomic mass is 10.0. The molecule has 0 bridgehead atoms. The van der Waals surface area contributed by atoms with Crippen molar-refractivity contribution >= 4 is 5.97 Å². The second kappa shape index (κ2) is 9.57. The zero-order chi connectivity index (χ0) is 15.8. The molecule has 0 saturated heterocycles. The summed E-state index contributed by atoms with van der Waals surface area (Å²) in [5.74, 6) is 3.68. The topological polar surface area (TPSA) is 37.3 Å². The van der Waals surface area contributed by atoms with Crippen molar-refractivity contribution in [2.24, 2.45) is 23.7 Å². The Morgan fingerprint density at radius 3 is 1.95 bits per heavy atom. The number of carboxylic acids is 1. The minimum Gasteiger partial charge on any atom is -0.481 e. The number of aliphatic carboxylic acids is 1. The molecule has 0 heterocycles. The maximum absolute atomic E-state index is 10.4. The van der Waals surface area contributed by atoms with Gasteiger partial charge in [0.15, 0.2) is 0 Å². The van der Waals surface area contributed by atoms with E-state index in [1.807, 2.05) is 0 Å². The Hall–Kier alpha value is -0.530. The molecule has 128 valence electrons. The molecule has 2 fully saturated rings. The van der Waals surface area contributed by atoms with Crippen molar-refractivity contribution in [1.29, 1.82) is 0 Å². The van der Waals surface area contributed by atoms with E-state index in [1.54, 1.807) is 6.42 Å². The van der Waals surface area contributed by atoms with Crippen molar-refractivity contribution in [3.05, 3.63) is 0 Å². The van der Waals surface area contributed by atoms with Crippen molar-refractivity contribution in [1.82, 2.24) is 0 Å². The predicted octanol–water partition coefficient (Wildman–Crippen LogP) is 6.04. The maximum atomic E-state index is 10.4. The highest BCUT2D eigenvalue weighted by atomic mass is 16.4. The van der Waals surface area contributed by atoms with E-state index in [1.165, 1.54) is 64.2 Å². The van der Waals surface area contributed by atoms with Crippen LogP contribution in [-0.2, 0) is 4.79 Å². The summed E-state index contributed by atoms with van der Waals surface area (Å²) in [6.07, 6.45) is 18.0. The van der Waals surface area contributed by atoms with Crippen LogP contribution in [0.3, 0.4) is 0 Å². The van der Waals surface area contributed by atoms with Crippen LogP contribution in [0.4, 0.5) is 0 Å². The zero-order valence-corrected chi connectivity index (χ0v) is 14.6. The number of hydrogen-bond donors (Lipinski definition) is 1. The predicted molar refractivity (Wildman–Crippen MR) is 91.9 cm³/mol. The van der Waals surface area contributed by atoms with Gasteiger partial charge in [0.25, 0.3) is 0 Å². The van der Waals surface area contributed by atoms with Gasteiger partial charge in [-0.15, -0.1) is 0 Å². The molecular weight excluding hydrogens is 272 g/mol. The first-order chi connectivity index (χ1) is 10.7. The Bertz CT molecular complexity index is 326. The molecule has 2 rings (SSSR count). The van der Waals surface area contributed by atoms with Gasteiger partial charge in [-0.2, -0.15) is 0 Å². The fraction of sp³-hybridized carbons (Fsp3) is 0.950. The molecular formula is C20H36O2. The monoisotopic (exact) mass is 308 g/mol. The van der Waals surface area contributed by atoms with Crippen molar-refractivity contribution < 1.29 is 9.90 Å². The average molecular weight is 309 g/mol. The normalized spacial score (nSPS) is 29.5. The summed E-state index contributed by atoms with van der Waals surface area (Å²) < 4.78 is 0. The second-order valence-corrected chi connectivity index (χ2v) is 7.94. The van der Waals surface area contributed by atoms with Crippen LogP contribution < -0.4 is 0 Å². The molecule has 0 aromatic heterocycles. The van der Waals surface area contributed by atoms with Gasteiger partial charge in [-0.1, -0.05) is 64.7 Å². The summed E-state index contributed by atoms with van der Waals surface area (Å²) in [6.45, 7) is 2.30. The summed E-state index contributed by atoms with van der Waals surface area (Å²) in [4.78, 5) is 10.4. The lowest BCUT2D eigenvalue weighted by Crippen LogP contribution is -1.93. The summed E-state index contributed by atoms with van der Waals surface area (Å²) in [5.41, 5.74) is 0. The molecule has 2 aliphatic rings. The van der Waals surface area contributed by atoms with E-state index in [-0.39, 0.29) is 0 Å². The van der Waals surface area contributed by atoms with Gasteiger partial charge >= 0.3 is 5.97 Å². The van der Waals surface area contributed by atoms with Gasteiger partial charge in [0, 0.05) is 6.42 Å². The smallest absolute Gasteiger partial charge is 0.303 e. The molecule has 1 N–H and O–H groups in total. The summed E-state index contributed by atoms with van der Waals surface area (Å²) in [7, 11) is 0. The summed E-state index contributed by atoms with van der Waals surface area (Å²) in [6, 6.07) is 0. The van der Waals surface area contributed by atoms with E-state index in [2.05, 4.69) is 6.92 Å². The first-order valence-electron chi connectivity index (χ1n) is 9.92. The molecule has 22 heavy (non-hydrogen) atoms. The van der Waals surface area contributed by atoms with E-state index >= 15 is 0 Å². The zero-order valence-electron chi connectivity index (χ0n) is 14.6. The van der Waals surface area contributed by atoms with Gasteiger partial charge < -0.3 is 5.11 Å². The highest BCUT2D eigenvalue weighted by Gasteiger charge is 2.44. The van der Waals surface area contributed by atoms with Crippen molar-refractivity contribution in [2.45, 2.75) is 96.8 Å². The molecule has 0 spiro atoms. The third-order valence-electron chi connectivity index (χ3n) is 5.89. The van der Waals surface area contributed by atoms with Gasteiger partial charge in [-0.25, -0.2) is 0 Å². The van der Waals surface area contributed by atoms with Gasteiger partial charge in [-0.05, 0) is 49.4 Å². The van der Waals surface area contributed by atoms with Crippen molar-refractivity contribution in [3.63, 3.8) is 0 Å². The second-order valence-electron chi connectivity index (χ2n) is 7.94. The lowest BCUT2D eigenvalue weighted by Gasteiger charge is -2.02. The van der Waals surface area contributed by atoms with Crippen LogP contribution in [-0.4, -0.2) is 11.1 Å². The number of unbranched alkanes of at least 4 members (excludes halogenated alkanes) is 6. The van der Waals surface area contributed by atoms with Crippen LogP contribution in [0.25, 0.3) is 0 Å². The Labute approximate surface area is 137 Å². The quantitative estimate of drug-likeness (QED) is 0.397. The number of hydrogen-bond acceptors (Lipinski definition) is 1. The molecule has 2 aliphatic carbocycles. The Morgan fingerprint density at radius 2 is 1.36 bits per heavy atom.